The number of benzene rings is 1. The third-order valence-corrected chi connectivity index (χ3v) is 4.08. The second-order valence-corrected chi connectivity index (χ2v) is 5.88. The van der Waals surface area contributed by atoms with Gasteiger partial charge in [-0.3, -0.25) is 9.89 Å². The molecule has 1 amide bonds. The lowest BCUT2D eigenvalue weighted by molar-refractivity contribution is 0.102. The lowest BCUT2D eigenvalue weighted by Crippen LogP contribution is -2.12. The van der Waals surface area contributed by atoms with Gasteiger partial charge in [0, 0.05) is 23.2 Å². The van der Waals surface area contributed by atoms with Crippen molar-refractivity contribution in [3.05, 3.63) is 59.5 Å². The molecule has 1 fully saturated rings. The summed E-state index contributed by atoms with van der Waals surface area (Å²) in [5, 5.41) is 9.96. The van der Waals surface area contributed by atoms with Crippen LogP contribution < -0.4 is 5.32 Å². The summed E-state index contributed by atoms with van der Waals surface area (Å²) in [7, 11) is 0. The number of carbonyl (C=O) groups excluding carboxylic acids is 1. The fourth-order valence-electron chi connectivity index (χ4n) is 2.64. The molecule has 1 aromatic carbocycles. The Morgan fingerprint density at radius 3 is 2.78 bits per heavy atom. The van der Waals surface area contributed by atoms with E-state index in [4.69, 9.17) is 4.42 Å². The van der Waals surface area contributed by atoms with Gasteiger partial charge in [-0.15, -0.1) is 0 Å². The number of rotatable bonds is 4. The lowest BCUT2D eigenvalue weighted by atomic mass is 10.1. The zero-order valence-electron chi connectivity index (χ0n) is 12.8. The highest BCUT2D eigenvalue weighted by Crippen LogP contribution is 2.39. The number of H-pyrrole nitrogens is 1. The standard InChI is InChI=1S/C18H17N3O2/c1-11-14(9-16(23-11)13-5-3-2-4-6-13)18(22)19-17-10-15(20-21-17)12-7-8-12/h2-6,9-10,12H,7-8H2,1H3,(H2,19,20,21,22). The minimum atomic E-state index is -0.206. The number of aromatic amines is 1. The van der Waals surface area contributed by atoms with E-state index in [-0.39, 0.29) is 5.91 Å². The molecule has 116 valence electrons. The van der Waals surface area contributed by atoms with Crippen molar-refractivity contribution >= 4 is 11.7 Å². The molecule has 0 bridgehead atoms. The van der Waals surface area contributed by atoms with Crippen molar-refractivity contribution in [2.24, 2.45) is 0 Å². The number of aromatic nitrogens is 2. The van der Waals surface area contributed by atoms with E-state index in [1.165, 1.54) is 12.8 Å². The molecule has 1 saturated carbocycles. The SMILES string of the molecule is Cc1oc(-c2ccccc2)cc1C(=O)Nc1cc(C2CC2)[nH]n1. The highest BCUT2D eigenvalue weighted by molar-refractivity contribution is 6.05. The van der Waals surface area contributed by atoms with Gasteiger partial charge in [-0.25, -0.2) is 0 Å². The second kappa shape index (κ2) is 5.43. The van der Waals surface area contributed by atoms with E-state index in [1.807, 2.05) is 36.4 Å². The first-order valence-corrected chi connectivity index (χ1v) is 7.73. The van der Waals surface area contributed by atoms with Crippen molar-refractivity contribution < 1.29 is 9.21 Å². The number of hydrogen-bond donors (Lipinski definition) is 2. The molecule has 5 nitrogen and oxygen atoms in total. The molecule has 0 saturated heterocycles. The van der Waals surface area contributed by atoms with Crippen molar-refractivity contribution in [2.45, 2.75) is 25.7 Å². The summed E-state index contributed by atoms with van der Waals surface area (Å²) >= 11 is 0. The third-order valence-electron chi connectivity index (χ3n) is 4.08. The molecule has 0 spiro atoms. The number of anilines is 1. The minimum Gasteiger partial charge on any atom is -0.461 e. The molecule has 4 rings (SSSR count). The zero-order chi connectivity index (χ0) is 15.8. The number of carbonyl (C=O) groups is 1. The summed E-state index contributed by atoms with van der Waals surface area (Å²) in [5.41, 5.74) is 2.57. The largest absolute Gasteiger partial charge is 0.461 e. The molecule has 1 aliphatic rings. The van der Waals surface area contributed by atoms with E-state index in [0.29, 0.717) is 28.8 Å². The van der Waals surface area contributed by atoms with E-state index in [2.05, 4.69) is 15.5 Å². The number of amides is 1. The number of aryl methyl sites for hydroxylation is 1. The molecule has 0 atom stereocenters. The maximum absolute atomic E-state index is 12.4. The van der Waals surface area contributed by atoms with Crippen LogP contribution in [0, 0.1) is 6.92 Å². The molecule has 0 radical (unpaired) electrons. The Balaban J connectivity index is 1.54. The van der Waals surface area contributed by atoms with E-state index in [1.54, 1.807) is 13.0 Å². The fraction of sp³-hybridized carbons (Fsp3) is 0.222. The van der Waals surface area contributed by atoms with Gasteiger partial charge in [-0.2, -0.15) is 5.10 Å². The van der Waals surface area contributed by atoms with E-state index < -0.39 is 0 Å². The molecule has 5 heteroatoms. The molecule has 1 aliphatic carbocycles. The Bertz CT molecular complexity index is 844. The van der Waals surface area contributed by atoms with Crippen LogP contribution in [0.15, 0.2) is 46.9 Å². The van der Waals surface area contributed by atoms with E-state index in [9.17, 15) is 4.79 Å². The molecule has 3 aromatic rings. The van der Waals surface area contributed by atoms with E-state index in [0.717, 1.165) is 11.3 Å². The second-order valence-electron chi connectivity index (χ2n) is 5.88. The first kappa shape index (κ1) is 13.8. The van der Waals surface area contributed by atoms with Gasteiger partial charge in [0.05, 0.1) is 5.56 Å². The zero-order valence-corrected chi connectivity index (χ0v) is 12.8. The lowest BCUT2D eigenvalue weighted by Gasteiger charge is -1.99. The Morgan fingerprint density at radius 2 is 2.04 bits per heavy atom. The molecular formula is C18H17N3O2. The number of hydrogen-bond acceptors (Lipinski definition) is 3. The summed E-state index contributed by atoms with van der Waals surface area (Å²) in [4.78, 5) is 12.4. The van der Waals surface area contributed by atoms with Crippen LogP contribution in [0.5, 0.6) is 0 Å². The maximum atomic E-state index is 12.4. The van der Waals surface area contributed by atoms with Crippen LogP contribution >= 0.6 is 0 Å². The number of furan rings is 1. The van der Waals surface area contributed by atoms with Crippen molar-refractivity contribution in [3.8, 4) is 11.3 Å². The maximum Gasteiger partial charge on any atom is 0.260 e. The summed E-state index contributed by atoms with van der Waals surface area (Å²) < 4.78 is 5.72. The van der Waals surface area contributed by atoms with Crippen molar-refractivity contribution in [3.63, 3.8) is 0 Å². The van der Waals surface area contributed by atoms with Crippen LogP contribution in [0.2, 0.25) is 0 Å². The monoisotopic (exact) mass is 307 g/mol. The van der Waals surface area contributed by atoms with Crippen LogP contribution in [0.1, 0.15) is 40.6 Å². The topological polar surface area (TPSA) is 70.9 Å². The van der Waals surface area contributed by atoms with Gasteiger partial charge in [0.15, 0.2) is 5.82 Å². The molecule has 2 N–H and O–H groups in total. The van der Waals surface area contributed by atoms with Crippen LogP contribution in [-0.2, 0) is 0 Å². The molecule has 0 unspecified atom stereocenters. The molecule has 23 heavy (non-hydrogen) atoms. The summed E-state index contributed by atoms with van der Waals surface area (Å²) in [6.45, 7) is 1.79. The van der Waals surface area contributed by atoms with E-state index >= 15 is 0 Å². The fourth-order valence-corrected chi connectivity index (χ4v) is 2.64. The average Bonchev–Trinajstić information content (AvgIpc) is 3.19. The van der Waals surface area contributed by atoms with Crippen molar-refractivity contribution in [1.29, 1.82) is 0 Å². The van der Waals surface area contributed by atoms with Gasteiger partial charge in [0.25, 0.3) is 5.91 Å². The smallest absolute Gasteiger partial charge is 0.260 e. The summed E-state index contributed by atoms with van der Waals surface area (Å²) in [5.74, 6) is 2.21. The van der Waals surface area contributed by atoms with Gasteiger partial charge >= 0.3 is 0 Å². The predicted molar refractivity (Wildman–Crippen MR) is 87.4 cm³/mol. The first-order chi connectivity index (χ1) is 11.2. The molecule has 2 heterocycles. The van der Waals surface area contributed by atoms with Crippen LogP contribution in [0.4, 0.5) is 5.82 Å². The minimum absolute atomic E-state index is 0.206. The molecule has 2 aromatic heterocycles. The molecule has 0 aliphatic heterocycles. The van der Waals surface area contributed by atoms with Gasteiger partial charge in [-0.05, 0) is 25.8 Å². The van der Waals surface area contributed by atoms with Crippen LogP contribution in [0.3, 0.4) is 0 Å². The van der Waals surface area contributed by atoms with Gasteiger partial charge in [-0.1, -0.05) is 30.3 Å². The van der Waals surface area contributed by atoms with Gasteiger partial charge in [0.1, 0.15) is 11.5 Å². The average molecular weight is 307 g/mol. The van der Waals surface area contributed by atoms with Gasteiger partial charge < -0.3 is 9.73 Å². The Hall–Kier alpha value is -2.82. The third kappa shape index (κ3) is 2.77. The number of nitrogens with one attached hydrogen (secondary N) is 2. The van der Waals surface area contributed by atoms with Crippen LogP contribution in [-0.4, -0.2) is 16.1 Å². The van der Waals surface area contributed by atoms with Crippen LogP contribution in [0.25, 0.3) is 11.3 Å². The highest BCUT2D eigenvalue weighted by Gasteiger charge is 2.26. The normalized spacial score (nSPS) is 14.0. The Morgan fingerprint density at radius 1 is 1.26 bits per heavy atom. The predicted octanol–water partition coefficient (Wildman–Crippen LogP) is 4.11. The van der Waals surface area contributed by atoms with Crippen molar-refractivity contribution in [2.75, 3.05) is 5.32 Å². The highest BCUT2D eigenvalue weighted by atomic mass is 16.3. The number of nitrogens with zero attached hydrogens (tertiary/aromatic N) is 1. The summed E-state index contributed by atoms with van der Waals surface area (Å²) in [6.07, 6.45) is 2.38. The van der Waals surface area contributed by atoms with Crippen molar-refractivity contribution in [1.82, 2.24) is 10.2 Å². The Kier molecular flexibility index (Phi) is 3.26. The Labute approximate surface area is 133 Å². The molecular weight excluding hydrogens is 290 g/mol. The summed E-state index contributed by atoms with van der Waals surface area (Å²) in [6, 6.07) is 13.4. The first-order valence-electron chi connectivity index (χ1n) is 7.73. The van der Waals surface area contributed by atoms with Gasteiger partial charge in [0.2, 0.25) is 0 Å². The quantitative estimate of drug-likeness (QED) is 0.762.